The molecular weight excluding hydrogens is 368 g/mol. The normalized spacial score (nSPS) is 18.6. The van der Waals surface area contributed by atoms with Crippen molar-refractivity contribution in [2.75, 3.05) is 6.61 Å². The molecule has 1 N–H and O–H groups in total. The number of benzene rings is 1. The average molecular weight is 380 g/mol. The summed E-state index contributed by atoms with van der Waals surface area (Å²) in [6, 6.07) is 4.96. The summed E-state index contributed by atoms with van der Waals surface area (Å²) in [5.41, 5.74) is 0.823. The van der Waals surface area contributed by atoms with Crippen molar-refractivity contribution in [3.8, 4) is 0 Å². The molecule has 1 unspecified atom stereocenters. The first-order valence-electron chi connectivity index (χ1n) is 5.46. The van der Waals surface area contributed by atoms with E-state index in [4.69, 9.17) is 16.3 Å². The lowest BCUT2D eigenvalue weighted by Crippen LogP contribution is -2.38. The number of carbonyl (C=O) groups excluding carboxylic acids is 2. The zero-order valence-electron chi connectivity index (χ0n) is 9.41. The van der Waals surface area contributed by atoms with Gasteiger partial charge in [0.05, 0.1) is 18.1 Å². The highest BCUT2D eigenvalue weighted by Crippen LogP contribution is 2.19. The predicted octanol–water partition coefficient (Wildman–Crippen LogP) is 1.92. The molecule has 0 bridgehead atoms. The lowest BCUT2D eigenvalue weighted by atomic mass is 10.1. The van der Waals surface area contributed by atoms with Crippen LogP contribution >= 0.6 is 34.2 Å². The average Bonchev–Trinajstić information content (AvgIpc) is 2.70. The Kier molecular flexibility index (Phi) is 4.45. The van der Waals surface area contributed by atoms with E-state index < -0.39 is 6.04 Å². The third-order valence-electron chi connectivity index (χ3n) is 2.62. The van der Waals surface area contributed by atoms with Crippen molar-refractivity contribution in [3.05, 3.63) is 32.4 Å². The Bertz CT molecular complexity index is 492. The van der Waals surface area contributed by atoms with Crippen LogP contribution in [0.25, 0.3) is 0 Å². The van der Waals surface area contributed by atoms with Crippen molar-refractivity contribution < 1.29 is 14.3 Å². The van der Waals surface area contributed by atoms with E-state index in [2.05, 4.69) is 27.9 Å². The monoisotopic (exact) mass is 379 g/mol. The molecule has 1 heterocycles. The van der Waals surface area contributed by atoms with Crippen LogP contribution in [0.4, 0.5) is 0 Å². The van der Waals surface area contributed by atoms with Gasteiger partial charge in [0.1, 0.15) is 6.04 Å². The Morgan fingerprint density at radius 2 is 2.33 bits per heavy atom. The number of cyclic esters (lactones) is 1. The molecule has 0 saturated carbocycles. The highest BCUT2D eigenvalue weighted by Gasteiger charge is 2.27. The Labute approximate surface area is 123 Å². The van der Waals surface area contributed by atoms with E-state index in [-0.39, 0.29) is 18.3 Å². The summed E-state index contributed by atoms with van der Waals surface area (Å²) in [4.78, 5) is 22.9. The van der Waals surface area contributed by atoms with Crippen molar-refractivity contribution >= 4 is 46.1 Å². The van der Waals surface area contributed by atoms with E-state index in [9.17, 15) is 9.59 Å². The van der Waals surface area contributed by atoms with E-state index in [1.807, 2.05) is 12.1 Å². The van der Waals surface area contributed by atoms with Gasteiger partial charge in [-0.15, -0.1) is 0 Å². The lowest BCUT2D eigenvalue weighted by molar-refractivity contribution is -0.141. The van der Waals surface area contributed by atoms with E-state index in [0.717, 1.165) is 9.13 Å². The summed E-state index contributed by atoms with van der Waals surface area (Å²) in [5.74, 6) is -0.555. The lowest BCUT2D eigenvalue weighted by Gasteiger charge is -2.09. The highest BCUT2D eigenvalue weighted by atomic mass is 127. The molecule has 1 aliphatic heterocycles. The molecular formula is C12H11ClINO3. The molecule has 2 rings (SSSR count). The van der Waals surface area contributed by atoms with Gasteiger partial charge in [0, 0.05) is 9.99 Å². The fourth-order valence-corrected chi connectivity index (χ4v) is 2.25. The molecule has 18 heavy (non-hydrogen) atoms. The third-order valence-corrected chi connectivity index (χ3v) is 4.19. The minimum atomic E-state index is -0.503. The summed E-state index contributed by atoms with van der Waals surface area (Å²) < 4.78 is 5.72. The molecule has 0 aromatic heterocycles. The number of hydrogen-bond donors (Lipinski definition) is 1. The van der Waals surface area contributed by atoms with E-state index in [0.29, 0.717) is 18.1 Å². The van der Waals surface area contributed by atoms with Gasteiger partial charge in [-0.3, -0.25) is 4.79 Å². The molecule has 1 saturated heterocycles. The van der Waals surface area contributed by atoms with Crippen molar-refractivity contribution in [2.45, 2.75) is 18.9 Å². The van der Waals surface area contributed by atoms with Crippen LogP contribution < -0.4 is 5.32 Å². The van der Waals surface area contributed by atoms with E-state index in [1.165, 1.54) is 0 Å². The van der Waals surface area contributed by atoms with Gasteiger partial charge in [-0.1, -0.05) is 17.7 Å². The number of halogens is 2. The molecule has 1 atom stereocenters. The maximum Gasteiger partial charge on any atom is 0.328 e. The van der Waals surface area contributed by atoms with Gasteiger partial charge in [0.25, 0.3) is 0 Å². The Balaban J connectivity index is 1.94. The van der Waals surface area contributed by atoms with Gasteiger partial charge >= 0.3 is 5.97 Å². The summed E-state index contributed by atoms with van der Waals surface area (Å²) >= 11 is 8.10. The number of hydrogen-bond acceptors (Lipinski definition) is 3. The summed E-state index contributed by atoms with van der Waals surface area (Å²) in [5, 5.41) is 3.28. The summed E-state index contributed by atoms with van der Waals surface area (Å²) in [6.07, 6.45) is 0.748. The minimum absolute atomic E-state index is 0.198. The van der Waals surface area contributed by atoms with E-state index >= 15 is 0 Å². The first kappa shape index (κ1) is 13.6. The number of rotatable bonds is 3. The number of amides is 1. The zero-order valence-corrected chi connectivity index (χ0v) is 12.3. The minimum Gasteiger partial charge on any atom is -0.464 e. The zero-order chi connectivity index (χ0) is 13.1. The van der Waals surface area contributed by atoms with Crippen molar-refractivity contribution in [3.63, 3.8) is 0 Å². The Hall–Kier alpha value is -0.820. The number of esters is 1. The van der Waals surface area contributed by atoms with Crippen LogP contribution in [0, 0.1) is 3.57 Å². The van der Waals surface area contributed by atoms with Crippen LogP contribution in [-0.2, 0) is 20.7 Å². The van der Waals surface area contributed by atoms with Gasteiger partial charge in [0.2, 0.25) is 5.91 Å². The number of carbonyl (C=O) groups is 2. The second kappa shape index (κ2) is 5.88. The topological polar surface area (TPSA) is 55.4 Å². The van der Waals surface area contributed by atoms with Crippen molar-refractivity contribution in [2.24, 2.45) is 0 Å². The van der Waals surface area contributed by atoms with Crippen LogP contribution in [0.15, 0.2) is 18.2 Å². The molecule has 0 aliphatic carbocycles. The molecule has 1 amide bonds. The predicted molar refractivity (Wildman–Crippen MR) is 75.4 cm³/mol. The molecule has 6 heteroatoms. The summed E-state index contributed by atoms with van der Waals surface area (Å²) in [7, 11) is 0. The standard InChI is InChI=1S/C12H11ClINO3/c13-8-5-7(1-2-9(8)14)6-11(16)15-10-3-4-18-12(10)17/h1-2,5,10H,3-4,6H2,(H,15,16). The Morgan fingerprint density at radius 3 is 2.94 bits per heavy atom. The van der Waals surface area contributed by atoms with Gasteiger partial charge in [-0.05, 0) is 40.3 Å². The Morgan fingerprint density at radius 1 is 1.56 bits per heavy atom. The van der Waals surface area contributed by atoms with Crippen LogP contribution in [0.2, 0.25) is 5.02 Å². The fourth-order valence-electron chi connectivity index (χ4n) is 1.71. The molecule has 4 nitrogen and oxygen atoms in total. The van der Waals surface area contributed by atoms with E-state index in [1.54, 1.807) is 6.07 Å². The van der Waals surface area contributed by atoms with Gasteiger partial charge in [0.15, 0.2) is 0 Å². The quantitative estimate of drug-likeness (QED) is 0.645. The number of nitrogens with one attached hydrogen (secondary N) is 1. The highest BCUT2D eigenvalue weighted by molar-refractivity contribution is 14.1. The van der Waals surface area contributed by atoms with Crippen LogP contribution in [0.5, 0.6) is 0 Å². The van der Waals surface area contributed by atoms with Crippen LogP contribution in [-0.4, -0.2) is 24.5 Å². The van der Waals surface area contributed by atoms with Crippen molar-refractivity contribution in [1.29, 1.82) is 0 Å². The van der Waals surface area contributed by atoms with Gasteiger partial charge in [-0.25, -0.2) is 4.79 Å². The van der Waals surface area contributed by atoms with Gasteiger partial charge < -0.3 is 10.1 Å². The van der Waals surface area contributed by atoms with Crippen LogP contribution in [0.1, 0.15) is 12.0 Å². The fraction of sp³-hybridized carbons (Fsp3) is 0.333. The molecule has 1 aromatic carbocycles. The largest absolute Gasteiger partial charge is 0.464 e. The molecule has 1 fully saturated rings. The van der Waals surface area contributed by atoms with Gasteiger partial charge in [-0.2, -0.15) is 0 Å². The smallest absolute Gasteiger partial charge is 0.328 e. The maximum absolute atomic E-state index is 11.7. The SMILES string of the molecule is O=C(Cc1ccc(I)c(Cl)c1)NC1CCOC1=O. The molecule has 96 valence electrons. The first-order valence-corrected chi connectivity index (χ1v) is 6.92. The molecule has 0 spiro atoms. The molecule has 1 aliphatic rings. The second-order valence-electron chi connectivity index (χ2n) is 4.00. The maximum atomic E-state index is 11.7. The summed E-state index contributed by atoms with van der Waals surface area (Å²) in [6.45, 7) is 0.374. The first-order chi connectivity index (χ1) is 8.56. The molecule has 0 radical (unpaired) electrons. The number of ether oxygens (including phenoxy) is 1. The second-order valence-corrected chi connectivity index (χ2v) is 5.57. The molecule has 1 aromatic rings. The van der Waals surface area contributed by atoms with Crippen molar-refractivity contribution in [1.82, 2.24) is 5.32 Å². The van der Waals surface area contributed by atoms with Crippen LogP contribution in [0.3, 0.4) is 0 Å². The third kappa shape index (κ3) is 3.35.